The molecule has 6 heteroatoms. The number of fused-ring (bicyclic) bond motifs is 1. The molecular weight excluding hydrogens is 370 g/mol. The Morgan fingerprint density at radius 3 is 2.71 bits per heavy atom. The van der Waals surface area contributed by atoms with Gasteiger partial charge in [0.2, 0.25) is 0 Å². The summed E-state index contributed by atoms with van der Waals surface area (Å²) in [6, 6.07) is 15.7. The minimum Gasteiger partial charge on any atom is -0.465 e. The van der Waals surface area contributed by atoms with E-state index in [9.17, 15) is 4.79 Å². The Kier molecular flexibility index (Phi) is 5.04. The summed E-state index contributed by atoms with van der Waals surface area (Å²) < 4.78 is 4.80. The Morgan fingerprint density at radius 2 is 1.96 bits per heavy atom. The number of nitrogens with one attached hydrogen (secondary N) is 1. The highest BCUT2D eigenvalue weighted by molar-refractivity contribution is 7.17. The number of anilines is 2. The van der Waals surface area contributed by atoms with Gasteiger partial charge >= 0.3 is 5.97 Å². The van der Waals surface area contributed by atoms with Crippen LogP contribution in [0.25, 0.3) is 21.3 Å². The fraction of sp³-hybridized carbons (Fsp3) is 0.136. The molecule has 0 amide bonds. The Labute approximate surface area is 167 Å². The zero-order chi connectivity index (χ0) is 19.5. The molecule has 2 aromatic heterocycles. The first kappa shape index (κ1) is 18.1. The van der Waals surface area contributed by atoms with Gasteiger partial charge in [0.25, 0.3) is 0 Å². The van der Waals surface area contributed by atoms with Crippen molar-refractivity contribution in [3.63, 3.8) is 0 Å². The average molecular weight is 389 g/mol. The maximum absolute atomic E-state index is 11.8. The van der Waals surface area contributed by atoms with Crippen molar-refractivity contribution in [2.75, 3.05) is 12.4 Å². The van der Waals surface area contributed by atoms with Gasteiger partial charge in [-0.1, -0.05) is 37.3 Å². The van der Waals surface area contributed by atoms with Crippen LogP contribution in [0.3, 0.4) is 0 Å². The highest BCUT2D eigenvalue weighted by atomic mass is 32.1. The maximum atomic E-state index is 11.8. The first-order valence-electron chi connectivity index (χ1n) is 8.96. The van der Waals surface area contributed by atoms with Crippen molar-refractivity contribution in [2.45, 2.75) is 13.3 Å². The van der Waals surface area contributed by atoms with Crippen molar-refractivity contribution >= 4 is 39.0 Å². The second-order valence-electron chi connectivity index (χ2n) is 6.30. The molecule has 1 N–H and O–H groups in total. The van der Waals surface area contributed by atoms with Gasteiger partial charge in [-0.15, -0.1) is 11.3 Å². The zero-order valence-corrected chi connectivity index (χ0v) is 16.4. The van der Waals surface area contributed by atoms with Gasteiger partial charge in [0.15, 0.2) is 0 Å². The minimum absolute atomic E-state index is 0.372. The van der Waals surface area contributed by atoms with Crippen molar-refractivity contribution in [3.05, 3.63) is 71.4 Å². The molecule has 0 aliphatic rings. The number of aryl methyl sites for hydroxylation is 1. The van der Waals surface area contributed by atoms with Crippen LogP contribution in [0.2, 0.25) is 0 Å². The van der Waals surface area contributed by atoms with E-state index in [1.165, 1.54) is 12.7 Å². The lowest BCUT2D eigenvalue weighted by atomic mass is 10.0. The van der Waals surface area contributed by atoms with Gasteiger partial charge in [0, 0.05) is 16.6 Å². The fourth-order valence-corrected chi connectivity index (χ4v) is 4.00. The van der Waals surface area contributed by atoms with E-state index in [-0.39, 0.29) is 5.97 Å². The predicted octanol–water partition coefficient (Wildman–Crippen LogP) is 5.45. The number of rotatable bonds is 5. The van der Waals surface area contributed by atoms with Gasteiger partial charge in [-0.2, -0.15) is 0 Å². The third-order valence-corrected chi connectivity index (χ3v) is 5.48. The topological polar surface area (TPSA) is 64.1 Å². The number of carbonyl (C=O) groups is 1. The molecule has 4 aromatic rings. The minimum atomic E-state index is -0.372. The van der Waals surface area contributed by atoms with Crippen LogP contribution in [0, 0.1) is 0 Å². The second-order valence-corrected chi connectivity index (χ2v) is 7.16. The van der Waals surface area contributed by atoms with E-state index in [1.807, 2.05) is 12.1 Å². The summed E-state index contributed by atoms with van der Waals surface area (Å²) in [7, 11) is 1.37. The van der Waals surface area contributed by atoms with Crippen LogP contribution in [-0.4, -0.2) is 23.0 Å². The predicted molar refractivity (Wildman–Crippen MR) is 113 cm³/mol. The van der Waals surface area contributed by atoms with Crippen LogP contribution in [-0.2, 0) is 11.2 Å². The number of aromatic nitrogens is 2. The SMILES string of the molecule is CCc1ccc(-c2csc3ncnc(Nc4cccc(C(=O)OC)c4)c23)cc1. The normalized spacial score (nSPS) is 10.8. The number of ether oxygens (including phenoxy) is 1. The number of hydrogen-bond donors (Lipinski definition) is 1. The van der Waals surface area contributed by atoms with Crippen LogP contribution < -0.4 is 5.32 Å². The van der Waals surface area contributed by atoms with E-state index >= 15 is 0 Å². The molecule has 0 aliphatic carbocycles. The summed E-state index contributed by atoms with van der Waals surface area (Å²) >= 11 is 1.59. The maximum Gasteiger partial charge on any atom is 0.337 e. The lowest BCUT2D eigenvalue weighted by Crippen LogP contribution is -2.02. The van der Waals surface area contributed by atoms with E-state index in [2.05, 4.69) is 51.9 Å². The van der Waals surface area contributed by atoms with Crippen molar-refractivity contribution in [1.82, 2.24) is 9.97 Å². The molecule has 2 heterocycles. The molecule has 0 aliphatic heterocycles. The molecule has 0 spiro atoms. The van der Waals surface area contributed by atoms with Crippen LogP contribution in [0.4, 0.5) is 11.5 Å². The molecule has 0 radical (unpaired) electrons. The van der Waals surface area contributed by atoms with Crippen molar-refractivity contribution in [3.8, 4) is 11.1 Å². The number of benzene rings is 2. The Balaban J connectivity index is 1.76. The average Bonchev–Trinajstić information content (AvgIpc) is 3.18. The Bertz CT molecular complexity index is 1140. The first-order chi connectivity index (χ1) is 13.7. The van der Waals surface area contributed by atoms with Crippen LogP contribution in [0.5, 0.6) is 0 Å². The molecule has 28 heavy (non-hydrogen) atoms. The van der Waals surface area contributed by atoms with E-state index in [0.717, 1.165) is 33.5 Å². The largest absolute Gasteiger partial charge is 0.465 e. The molecular formula is C22H19N3O2S. The number of carbonyl (C=O) groups excluding carboxylic acids is 1. The highest BCUT2D eigenvalue weighted by Crippen LogP contribution is 2.37. The van der Waals surface area contributed by atoms with E-state index in [0.29, 0.717) is 11.4 Å². The summed E-state index contributed by atoms with van der Waals surface area (Å²) in [6.45, 7) is 2.15. The van der Waals surface area contributed by atoms with Crippen molar-refractivity contribution in [2.24, 2.45) is 0 Å². The fourth-order valence-electron chi connectivity index (χ4n) is 3.08. The third-order valence-electron chi connectivity index (χ3n) is 4.59. The number of esters is 1. The van der Waals surface area contributed by atoms with Gasteiger partial charge < -0.3 is 10.1 Å². The van der Waals surface area contributed by atoms with E-state index in [4.69, 9.17) is 4.74 Å². The zero-order valence-electron chi connectivity index (χ0n) is 15.6. The molecule has 0 saturated carbocycles. The van der Waals surface area contributed by atoms with Crippen molar-refractivity contribution < 1.29 is 9.53 Å². The summed E-state index contributed by atoms with van der Waals surface area (Å²) in [6.07, 6.45) is 2.56. The lowest BCUT2D eigenvalue weighted by molar-refractivity contribution is 0.0601. The first-order valence-corrected chi connectivity index (χ1v) is 9.84. The van der Waals surface area contributed by atoms with Crippen LogP contribution in [0.15, 0.2) is 60.2 Å². The summed E-state index contributed by atoms with van der Waals surface area (Å²) in [5, 5.41) is 6.41. The van der Waals surface area contributed by atoms with Gasteiger partial charge in [0.1, 0.15) is 17.0 Å². The Morgan fingerprint density at radius 1 is 1.14 bits per heavy atom. The summed E-state index contributed by atoms with van der Waals surface area (Å²) in [4.78, 5) is 21.6. The highest BCUT2D eigenvalue weighted by Gasteiger charge is 2.14. The molecule has 0 unspecified atom stereocenters. The third kappa shape index (κ3) is 3.46. The van der Waals surface area contributed by atoms with Crippen LogP contribution in [0.1, 0.15) is 22.8 Å². The van der Waals surface area contributed by atoms with Crippen LogP contribution >= 0.6 is 11.3 Å². The van der Waals surface area contributed by atoms with Crippen molar-refractivity contribution in [1.29, 1.82) is 0 Å². The summed E-state index contributed by atoms with van der Waals surface area (Å²) in [5.41, 5.74) is 4.77. The smallest absolute Gasteiger partial charge is 0.337 e. The van der Waals surface area contributed by atoms with E-state index < -0.39 is 0 Å². The molecule has 0 bridgehead atoms. The number of nitrogens with zero attached hydrogens (tertiary/aromatic N) is 2. The molecule has 140 valence electrons. The molecule has 0 atom stereocenters. The number of hydrogen-bond acceptors (Lipinski definition) is 6. The van der Waals surface area contributed by atoms with Gasteiger partial charge in [-0.25, -0.2) is 14.8 Å². The van der Waals surface area contributed by atoms with E-state index in [1.54, 1.807) is 29.8 Å². The Hall–Kier alpha value is -3.25. The molecule has 2 aromatic carbocycles. The van der Waals surface area contributed by atoms with Gasteiger partial charge in [-0.05, 0) is 35.7 Å². The number of methoxy groups -OCH3 is 1. The van der Waals surface area contributed by atoms with Gasteiger partial charge in [0.05, 0.1) is 18.1 Å². The monoisotopic (exact) mass is 389 g/mol. The lowest BCUT2D eigenvalue weighted by Gasteiger charge is -2.10. The second kappa shape index (κ2) is 7.78. The summed E-state index contributed by atoms with van der Waals surface area (Å²) in [5.74, 6) is 0.339. The molecule has 0 saturated heterocycles. The van der Waals surface area contributed by atoms with Gasteiger partial charge in [-0.3, -0.25) is 0 Å². The number of thiophene rings is 1. The quantitative estimate of drug-likeness (QED) is 0.460. The molecule has 4 rings (SSSR count). The molecule has 0 fully saturated rings. The molecule has 5 nitrogen and oxygen atoms in total. The standard InChI is InChI=1S/C22H19N3O2S/c1-3-14-7-9-15(10-8-14)18-12-28-21-19(18)20(23-13-24-21)25-17-6-4-5-16(11-17)22(26)27-2/h4-13H,3H2,1-2H3,(H,23,24,25).